The van der Waals surface area contributed by atoms with Crippen molar-refractivity contribution in [2.45, 2.75) is 0 Å². The first-order valence-corrected chi connectivity index (χ1v) is 4.83. The van der Waals surface area contributed by atoms with Crippen LogP contribution in [0.2, 0.25) is 0 Å². The fraction of sp³-hybridized carbons (Fsp3) is 0.167. The van der Waals surface area contributed by atoms with E-state index in [0.29, 0.717) is 0 Å². The van der Waals surface area contributed by atoms with Crippen LogP contribution in [0.15, 0.2) is 49.1 Å². The summed E-state index contributed by atoms with van der Waals surface area (Å²) in [6, 6.07) is 8.06. The lowest BCUT2D eigenvalue weighted by Crippen LogP contribution is -2.23. The van der Waals surface area contributed by atoms with Crippen LogP contribution in [0.4, 0.5) is 0 Å². The molecular weight excluding hydrogens is 204 g/mol. The van der Waals surface area contributed by atoms with Crippen LogP contribution in [0, 0.1) is 0 Å². The fourth-order valence-corrected chi connectivity index (χ4v) is 1.15. The third-order valence-electron chi connectivity index (χ3n) is 1.91. The highest BCUT2D eigenvalue weighted by Crippen LogP contribution is 1.94. The first-order chi connectivity index (χ1) is 7.59. The minimum atomic E-state index is -1.13. The van der Waals surface area contributed by atoms with E-state index in [1.165, 1.54) is 12.1 Å². The van der Waals surface area contributed by atoms with E-state index in [0.717, 1.165) is 0 Å². The van der Waals surface area contributed by atoms with Gasteiger partial charge in [0.05, 0.1) is 20.1 Å². The summed E-state index contributed by atoms with van der Waals surface area (Å²) in [7, 11) is 4.00. The number of carbonyl (C=O) groups excluding carboxylic acids is 1. The maximum atomic E-state index is 10.1. The van der Waals surface area contributed by atoms with Gasteiger partial charge in [0.1, 0.15) is 12.4 Å². The smallest absolute Gasteiger partial charge is 0.243 e. The Balaban J connectivity index is 0.000000165. The number of hydrogen-bond acceptors (Lipinski definition) is 2. The van der Waals surface area contributed by atoms with E-state index in [1.807, 2.05) is 42.0 Å². The summed E-state index contributed by atoms with van der Waals surface area (Å²) in [5.74, 6) is -1.13. The molecule has 0 atom stereocenters. The molecule has 0 saturated carbocycles. The number of aryl methyl sites for hydroxylation is 2. The van der Waals surface area contributed by atoms with E-state index in [1.54, 1.807) is 18.2 Å². The molecule has 84 valence electrons. The van der Waals surface area contributed by atoms with Crippen LogP contribution in [-0.4, -0.2) is 10.5 Å². The Bertz CT molecular complexity index is 433. The van der Waals surface area contributed by atoms with Gasteiger partial charge in [0.15, 0.2) is 0 Å². The van der Waals surface area contributed by atoms with Crippen LogP contribution in [0.3, 0.4) is 0 Å². The molecular formula is C12H14N2O2. The van der Waals surface area contributed by atoms with Gasteiger partial charge in [0.25, 0.3) is 0 Å². The lowest BCUT2D eigenvalue weighted by molar-refractivity contribution is -0.670. The van der Waals surface area contributed by atoms with Crippen LogP contribution in [0.5, 0.6) is 0 Å². The van der Waals surface area contributed by atoms with Gasteiger partial charge in [-0.2, -0.15) is 0 Å². The molecule has 2 rings (SSSR count). The van der Waals surface area contributed by atoms with Crippen molar-refractivity contribution in [3.8, 4) is 0 Å². The Morgan fingerprint density at radius 1 is 1.31 bits per heavy atom. The Morgan fingerprint density at radius 3 is 2.19 bits per heavy atom. The second kappa shape index (κ2) is 5.70. The van der Waals surface area contributed by atoms with Gasteiger partial charge in [0, 0.05) is 0 Å². The van der Waals surface area contributed by atoms with E-state index in [4.69, 9.17) is 0 Å². The van der Waals surface area contributed by atoms with Crippen molar-refractivity contribution in [1.82, 2.24) is 4.57 Å². The predicted molar refractivity (Wildman–Crippen MR) is 57.4 cm³/mol. The third-order valence-corrected chi connectivity index (χ3v) is 1.91. The quantitative estimate of drug-likeness (QED) is 0.628. The van der Waals surface area contributed by atoms with Gasteiger partial charge in [-0.1, -0.05) is 30.3 Å². The summed E-state index contributed by atoms with van der Waals surface area (Å²) < 4.78 is 4.00. The molecule has 2 aromatic rings. The first kappa shape index (κ1) is 12.0. The summed E-state index contributed by atoms with van der Waals surface area (Å²) in [6.45, 7) is 0. The van der Waals surface area contributed by atoms with Crippen molar-refractivity contribution in [2.75, 3.05) is 0 Å². The number of aromatic nitrogens is 2. The minimum Gasteiger partial charge on any atom is -0.545 e. The van der Waals surface area contributed by atoms with Crippen LogP contribution in [0.1, 0.15) is 10.4 Å². The van der Waals surface area contributed by atoms with Gasteiger partial charge >= 0.3 is 0 Å². The van der Waals surface area contributed by atoms with Crippen molar-refractivity contribution >= 4 is 5.97 Å². The zero-order chi connectivity index (χ0) is 12.0. The molecule has 0 aliphatic heterocycles. The number of nitrogens with zero attached hydrogens (tertiary/aromatic N) is 2. The molecule has 1 aromatic carbocycles. The predicted octanol–water partition coefficient (Wildman–Crippen LogP) is -0.100. The molecule has 0 unspecified atom stereocenters. The number of carboxylic acid groups (broad SMARTS) is 1. The van der Waals surface area contributed by atoms with E-state index >= 15 is 0 Å². The van der Waals surface area contributed by atoms with Gasteiger partial charge in [0.2, 0.25) is 6.33 Å². The van der Waals surface area contributed by atoms with E-state index in [-0.39, 0.29) is 5.56 Å². The zero-order valence-electron chi connectivity index (χ0n) is 9.33. The van der Waals surface area contributed by atoms with Crippen LogP contribution in [-0.2, 0) is 14.1 Å². The van der Waals surface area contributed by atoms with Crippen LogP contribution >= 0.6 is 0 Å². The van der Waals surface area contributed by atoms with Crippen molar-refractivity contribution in [2.24, 2.45) is 14.1 Å². The molecule has 4 heteroatoms. The number of imidazole rings is 1. The van der Waals surface area contributed by atoms with Crippen molar-refractivity contribution in [3.63, 3.8) is 0 Å². The molecule has 16 heavy (non-hydrogen) atoms. The molecule has 0 spiro atoms. The molecule has 0 fully saturated rings. The van der Waals surface area contributed by atoms with E-state index in [9.17, 15) is 9.90 Å². The number of rotatable bonds is 1. The number of aromatic carboxylic acids is 1. The summed E-state index contributed by atoms with van der Waals surface area (Å²) >= 11 is 0. The lowest BCUT2D eigenvalue weighted by atomic mass is 10.2. The number of benzene rings is 1. The fourth-order valence-electron chi connectivity index (χ4n) is 1.15. The molecule has 0 amide bonds. The zero-order valence-corrected chi connectivity index (χ0v) is 9.33. The Labute approximate surface area is 94.4 Å². The van der Waals surface area contributed by atoms with Crippen molar-refractivity contribution in [3.05, 3.63) is 54.6 Å². The molecule has 0 N–H and O–H groups in total. The maximum absolute atomic E-state index is 10.1. The average Bonchev–Trinajstić information content (AvgIpc) is 2.65. The third kappa shape index (κ3) is 3.96. The monoisotopic (exact) mass is 218 g/mol. The van der Waals surface area contributed by atoms with Crippen LogP contribution < -0.4 is 9.67 Å². The Kier molecular flexibility index (Phi) is 4.27. The normalized spacial score (nSPS) is 9.12. The highest BCUT2D eigenvalue weighted by atomic mass is 16.4. The summed E-state index contributed by atoms with van der Waals surface area (Å²) in [5, 5.41) is 10.1. The number of carboxylic acids is 1. The van der Waals surface area contributed by atoms with E-state index < -0.39 is 5.97 Å². The summed E-state index contributed by atoms with van der Waals surface area (Å²) in [6.07, 6.45) is 6.00. The Morgan fingerprint density at radius 2 is 1.94 bits per heavy atom. The number of carbonyl (C=O) groups is 1. The SMILES string of the molecule is Cn1cc[n+](C)c1.O=C([O-])c1ccccc1. The standard InChI is InChI=1S/C7H6O2.C5H9N2/c8-7(9)6-4-2-1-3-5-6;1-6-3-4-7(2)5-6/h1-5H,(H,8,9);3-5H,1-2H3/q;+1/p-1. The highest BCUT2D eigenvalue weighted by molar-refractivity contribution is 5.85. The maximum Gasteiger partial charge on any atom is 0.243 e. The molecule has 1 aromatic heterocycles. The second-order valence-corrected chi connectivity index (χ2v) is 3.40. The van der Waals surface area contributed by atoms with Crippen LogP contribution in [0.25, 0.3) is 0 Å². The van der Waals surface area contributed by atoms with Gasteiger partial charge in [-0.25, -0.2) is 9.13 Å². The molecule has 0 bridgehead atoms. The summed E-state index contributed by atoms with van der Waals surface area (Å²) in [5.41, 5.74) is 0.220. The molecule has 1 heterocycles. The number of hydrogen-bond donors (Lipinski definition) is 0. The van der Waals surface area contributed by atoms with Crippen molar-refractivity contribution in [1.29, 1.82) is 0 Å². The van der Waals surface area contributed by atoms with Gasteiger partial charge in [-0.3, -0.25) is 0 Å². The minimum absolute atomic E-state index is 0.220. The molecule has 0 saturated heterocycles. The lowest BCUT2D eigenvalue weighted by Gasteiger charge is -1.97. The van der Waals surface area contributed by atoms with Gasteiger partial charge in [-0.15, -0.1) is 0 Å². The topological polar surface area (TPSA) is 48.9 Å². The van der Waals surface area contributed by atoms with E-state index in [2.05, 4.69) is 0 Å². The molecule has 0 aliphatic carbocycles. The van der Waals surface area contributed by atoms with Gasteiger partial charge < -0.3 is 9.90 Å². The highest BCUT2D eigenvalue weighted by Gasteiger charge is 1.87. The van der Waals surface area contributed by atoms with Gasteiger partial charge in [-0.05, 0) is 5.56 Å². The average molecular weight is 218 g/mol. The largest absolute Gasteiger partial charge is 0.545 e. The summed E-state index contributed by atoms with van der Waals surface area (Å²) in [4.78, 5) is 10.1. The Hall–Kier alpha value is -2.10. The second-order valence-electron chi connectivity index (χ2n) is 3.40. The molecule has 4 nitrogen and oxygen atoms in total. The first-order valence-electron chi connectivity index (χ1n) is 4.83. The molecule has 0 aliphatic rings. The van der Waals surface area contributed by atoms with Crippen molar-refractivity contribution < 1.29 is 14.5 Å². The molecule has 0 radical (unpaired) electrons.